The summed E-state index contributed by atoms with van der Waals surface area (Å²) >= 11 is 0. The number of benzene rings is 2. The van der Waals surface area contributed by atoms with Crippen molar-refractivity contribution in [2.75, 3.05) is 13.1 Å². The summed E-state index contributed by atoms with van der Waals surface area (Å²) in [7, 11) is 0. The molecule has 2 atom stereocenters. The zero-order valence-corrected chi connectivity index (χ0v) is 15.2. The van der Waals surface area contributed by atoms with E-state index in [1.165, 1.54) is 12.1 Å². The van der Waals surface area contributed by atoms with Crippen molar-refractivity contribution in [1.82, 2.24) is 10.2 Å². The topological polar surface area (TPSA) is 41.6 Å². The van der Waals surface area contributed by atoms with E-state index in [-0.39, 0.29) is 17.9 Å². The third-order valence-corrected chi connectivity index (χ3v) is 4.75. The Morgan fingerprint density at radius 3 is 2.54 bits per heavy atom. The van der Waals surface area contributed by atoms with Crippen LogP contribution in [0, 0.1) is 11.7 Å². The molecule has 1 heterocycles. The molecule has 1 saturated heterocycles. The maximum Gasteiger partial charge on any atom is 0.317 e. The number of hydrogen-bond acceptors (Lipinski definition) is 2. The molecular weight excluding hydrogens is 331 g/mol. The zero-order valence-electron chi connectivity index (χ0n) is 15.2. The van der Waals surface area contributed by atoms with Gasteiger partial charge in [0, 0.05) is 13.1 Å². The summed E-state index contributed by atoms with van der Waals surface area (Å²) in [4.78, 5) is 14.2. The molecular formula is C21H25FN2O2. The number of hydrogen-bond donors (Lipinski definition) is 1. The summed E-state index contributed by atoms with van der Waals surface area (Å²) < 4.78 is 18.6. The first-order valence-corrected chi connectivity index (χ1v) is 9.04. The van der Waals surface area contributed by atoms with Gasteiger partial charge in [-0.05, 0) is 54.7 Å². The van der Waals surface area contributed by atoms with Gasteiger partial charge in [-0.3, -0.25) is 0 Å². The van der Waals surface area contributed by atoms with Gasteiger partial charge >= 0.3 is 6.03 Å². The molecule has 0 spiro atoms. The van der Waals surface area contributed by atoms with Crippen molar-refractivity contribution in [1.29, 1.82) is 0 Å². The molecule has 0 radical (unpaired) electrons. The van der Waals surface area contributed by atoms with Crippen molar-refractivity contribution in [3.8, 4) is 5.75 Å². The van der Waals surface area contributed by atoms with Crippen LogP contribution in [-0.4, -0.2) is 24.0 Å². The molecule has 0 aliphatic carbocycles. The number of carbonyl (C=O) groups excluding carboxylic acids is 1. The average molecular weight is 356 g/mol. The molecule has 26 heavy (non-hydrogen) atoms. The van der Waals surface area contributed by atoms with Gasteiger partial charge in [-0.15, -0.1) is 0 Å². The smallest absolute Gasteiger partial charge is 0.317 e. The van der Waals surface area contributed by atoms with E-state index in [1.807, 2.05) is 36.1 Å². The van der Waals surface area contributed by atoms with Crippen LogP contribution in [-0.2, 0) is 6.61 Å². The van der Waals surface area contributed by atoms with Crippen LogP contribution in [0.3, 0.4) is 0 Å². The second-order valence-corrected chi connectivity index (χ2v) is 7.00. The standard InChI is InChI=1S/C21H25FN2O2/c1-15-11-12-24(13-15)21(25)23-16(2)18-5-9-20(10-6-18)26-14-17-3-7-19(22)8-4-17/h3-10,15-16H,11-14H2,1-2H3,(H,23,25). The molecule has 4 nitrogen and oxygen atoms in total. The van der Waals surface area contributed by atoms with E-state index >= 15 is 0 Å². The normalized spacial score (nSPS) is 17.8. The summed E-state index contributed by atoms with van der Waals surface area (Å²) in [5.41, 5.74) is 1.94. The monoisotopic (exact) mass is 356 g/mol. The maximum atomic E-state index is 12.9. The SMILES string of the molecule is CC1CCN(C(=O)NC(C)c2ccc(OCc3ccc(F)cc3)cc2)C1. The lowest BCUT2D eigenvalue weighted by atomic mass is 10.1. The number of halogens is 1. The lowest BCUT2D eigenvalue weighted by Gasteiger charge is -2.21. The highest BCUT2D eigenvalue weighted by Gasteiger charge is 2.24. The predicted molar refractivity (Wildman–Crippen MR) is 99.5 cm³/mol. The minimum absolute atomic E-state index is 0.00140. The molecule has 2 aromatic rings. The van der Waals surface area contributed by atoms with Gasteiger partial charge in [-0.2, -0.15) is 0 Å². The molecule has 2 unspecified atom stereocenters. The third-order valence-electron chi connectivity index (χ3n) is 4.75. The lowest BCUT2D eigenvalue weighted by Crippen LogP contribution is -2.39. The third kappa shape index (κ3) is 4.75. The fourth-order valence-electron chi connectivity index (χ4n) is 3.08. The van der Waals surface area contributed by atoms with Gasteiger partial charge in [0.1, 0.15) is 18.2 Å². The Labute approximate surface area is 154 Å². The number of carbonyl (C=O) groups is 1. The van der Waals surface area contributed by atoms with E-state index in [0.29, 0.717) is 12.5 Å². The second-order valence-electron chi connectivity index (χ2n) is 7.00. The van der Waals surface area contributed by atoms with E-state index in [2.05, 4.69) is 12.2 Å². The summed E-state index contributed by atoms with van der Waals surface area (Å²) in [5.74, 6) is 1.07. The highest BCUT2D eigenvalue weighted by Crippen LogP contribution is 2.20. The number of likely N-dealkylation sites (tertiary alicyclic amines) is 1. The van der Waals surface area contributed by atoms with Crippen molar-refractivity contribution < 1.29 is 13.9 Å². The molecule has 1 N–H and O–H groups in total. The minimum atomic E-state index is -0.252. The Morgan fingerprint density at radius 2 is 1.92 bits per heavy atom. The number of nitrogens with zero attached hydrogens (tertiary/aromatic N) is 1. The molecule has 2 amide bonds. The van der Waals surface area contributed by atoms with Gasteiger partial charge in [0.25, 0.3) is 0 Å². The Hall–Kier alpha value is -2.56. The Morgan fingerprint density at radius 1 is 1.23 bits per heavy atom. The fraction of sp³-hybridized carbons (Fsp3) is 0.381. The highest BCUT2D eigenvalue weighted by atomic mass is 19.1. The maximum absolute atomic E-state index is 12.9. The van der Waals surface area contributed by atoms with Crippen molar-refractivity contribution in [2.45, 2.75) is 32.9 Å². The Bertz CT molecular complexity index is 731. The van der Waals surface area contributed by atoms with Crippen LogP contribution in [0.25, 0.3) is 0 Å². The molecule has 5 heteroatoms. The van der Waals surface area contributed by atoms with Crippen LogP contribution in [0.1, 0.15) is 37.4 Å². The van der Waals surface area contributed by atoms with Gasteiger partial charge in [0.05, 0.1) is 6.04 Å². The molecule has 1 aliphatic rings. The van der Waals surface area contributed by atoms with Crippen LogP contribution < -0.4 is 10.1 Å². The fourth-order valence-corrected chi connectivity index (χ4v) is 3.08. The van der Waals surface area contributed by atoms with Gasteiger partial charge in [-0.1, -0.05) is 31.2 Å². The summed E-state index contributed by atoms with van der Waals surface area (Å²) in [6.45, 7) is 6.19. The van der Waals surface area contributed by atoms with Crippen molar-refractivity contribution in [3.05, 3.63) is 65.5 Å². The van der Waals surface area contributed by atoms with Gasteiger partial charge in [-0.25, -0.2) is 9.18 Å². The molecule has 0 saturated carbocycles. The van der Waals surface area contributed by atoms with E-state index in [4.69, 9.17) is 4.74 Å². The van der Waals surface area contributed by atoms with E-state index < -0.39 is 0 Å². The molecule has 0 aromatic heterocycles. The number of ether oxygens (including phenoxy) is 1. The largest absolute Gasteiger partial charge is 0.489 e. The van der Waals surface area contributed by atoms with Crippen LogP contribution in [0.4, 0.5) is 9.18 Å². The number of rotatable bonds is 5. The molecule has 1 fully saturated rings. The number of urea groups is 1. The molecule has 138 valence electrons. The average Bonchev–Trinajstić information content (AvgIpc) is 3.08. The minimum Gasteiger partial charge on any atom is -0.489 e. The lowest BCUT2D eigenvalue weighted by molar-refractivity contribution is 0.204. The number of nitrogens with one attached hydrogen (secondary N) is 1. The van der Waals surface area contributed by atoms with Crippen LogP contribution >= 0.6 is 0 Å². The summed E-state index contributed by atoms with van der Waals surface area (Å²) in [5, 5.41) is 3.05. The van der Waals surface area contributed by atoms with Crippen molar-refractivity contribution in [3.63, 3.8) is 0 Å². The Balaban J connectivity index is 1.51. The van der Waals surface area contributed by atoms with Gasteiger partial charge < -0.3 is 15.0 Å². The molecule has 3 rings (SSSR count). The quantitative estimate of drug-likeness (QED) is 0.856. The Kier molecular flexibility index (Phi) is 5.76. The summed E-state index contributed by atoms with van der Waals surface area (Å²) in [6.07, 6.45) is 1.07. The second kappa shape index (κ2) is 8.21. The van der Waals surface area contributed by atoms with Crippen LogP contribution in [0.2, 0.25) is 0 Å². The van der Waals surface area contributed by atoms with E-state index in [1.54, 1.807) is 12.1 Å². The zero-order chi connectivity index (χ0) is 18.5. The van der Waals surface area contributed by atoms with Crippen LogP contribution in [0.15, 0.2) is 48.5 Å². The first kappa shape index (κ1) is 18.2. The van der Waals surface area contributed by atoms with Gasteiger partial charge in [0.15, 0.2) is 0 Å². The van der Waals surface area contributed by atoms with Crippen molar-refractivity contribution in [2.24, 2.45) is 5.92 Å². The summed E-state index contributed by atoms with van der Waals surface area (Å²) in [6, 6.07) is 13.9. The van der Waals surface area contributed by atoms with Gasteiger partial charge in [0.2, 0.25) is 0 Å². The first-order chi connectivity index (χ1) is 12.5. The van der Waals surface area contributed by atoms with E-state index in [9.17, 15) is 9.18 Å². The first-order valence-electron chi connectivity index (χ1n) is 9.04. The van der Waals surface area contributed by atoms with Crippen LogP contribution in [0.5, 0.6) is 5.75 Å². The van der Waals surface area contributed by atoms with Crippen molar-refractivity contribution >= 4 is 6.03 Å². The predicted octanol–water partition coefficient (Wildman–Crippen LogP) is 4.52. The molecule has 0 bridgehead atoms. The number of amides is 2. The van der Waals surface area contributed by atoms with E-state index in [0.717, 1.165) is 36.4 Å². The molecule has 1 aliphatic heterocycles. The highest BCUT2D eigenvalue weighted by molar-refractivity contribution is 5.75. The molecule has 2 aromatic carbocycles.